The van der Waals surface area contributed by atoms with Gasteiger partial charge in [-0.15, -0.1) is 0 Å². The van der Waals surface area contributed by atoms with E-state index in [0.29, 0.717) is 0 Å². The van der Waals surface area contributed by atoms with Crippen molar-refractivity contribution in [1.82, 2.24) is 0 Å². The van der Waals surface area contributed by atoms with Gasteiger partial charge in [-0.1, -0.05) is 0 Å². The zero-order valence-corrected chi connectivity index (χ0v) is 7.56. The normalized spacial score (nSPS) is 11.4. The van der Waals surface area contributed by atoms with E-state index in [2.05, 4.69) is 4.74 Å². The molecule has 0 aliphatic rings. The molecule has 1 aromatic rings. The molecule has 78 valence electrons. The van der Waals surface area contributed by atoms with E-state index in [4.69, 9.17) is 5.73 Å². The summed E-state index contributed by atoms with van der Waals surface area (Å²) < 4.78 is 42.2. The van der Waals surface area contributed by atoms with Gasteiger partial charge in [0.05, 0.1) is 5.69 Å². The minimum atomic E-state index is -2.93. The highest BCUT2D eigenvalue weighted by molar-refractivity contribution is 5.43. The Labute approximate surface area is 79.5 Å². The molecule has 2 N–H and O–H groups in total. The van der Waals surface area contributed by atoms with Crippen LogP contribution in [0.15, 0.2) is 18.2 Å². The van der Waals surface area contributed by atoms with Gasteiger partial charge in [0.15, 0.2) is 6.61 Å². The number of halogens is 3. The van der Waals surface area contributed by atoms with Crippen molar-refractivity contribution in [2.75, 3.05) is 12.3 Å². The molecule has 14 heavy (non-hydrogen) atoms. The summed E-state index contributed by atoms with van der Waals surface area (Å²) in [6.07, 6.45) is 0. The van der Waals surface area contributed by atoms with E-state index in [-0.39, 0.29) is 11.4 Å². The maximum Gasteiger partial charge on any atom is 0.278 e. The summed E-state index contributed by atoms with van der Waals surface area (Å²) in [7, 11) is 0. The predicted octanol–water partition coefficient (Wildman–Crippen LogP) is 2.44. The smallest absolute Gasteiger partial charge is 0.278 e. The van der Waals surface area contributed by atoms with E-state index in [1.165, 1.54) is 12.1 Å². The summed E-state index contributed by atoms with van der Waals surface area (Å²) >= 11 is 0. The first kappa shape index (κ1) is 10.7. The fourth-order valence-corrected chi connectivity index (χ4v) is 0.808. The molecule has 0 aliphatic heterocycles. The van der Waals surface area contributed by atoms with Gasteiger partial charge in [0, 0.05) is 13.0 Å². The Bertz CT molecular complexity index is 322. The summed E-state index contributed by atoms with van der Waals surface area (Å²) in [5, 5.41) is 0. The summed E-state index contributed by atoms with van der Waals surface area (Å²) in [5.74, 6) is -3.57. The molecule has 0 bridgehead atoms. The number of rotatable bonds is 3. The molecule has 0 radical (unpaired) electrons. The fraction of sp³-hybridized carbons (Fsp3) is 0.333. The lowest BCUT2D eigenvalue weighted by Gasteiger charge is -2.12. The van der Waals surface area contributed by atoms with Gasteiger partial charge in [-0.2, -0.15) is 0 Å². The molecule has 1 rings (SSSR count). The van der Waals surface area contributed by atoms with Crippen LogP contribution in [0.1, 0.15) is 6.92 Å². The SMILES string of the molecule is CC(F)(F)COc1ccc(N)c(F)c1. The van der Waals surface area contributed by atoms with Gasteiger partial charge < -0.3 is 10.5 Å². The van der Waals surface area contributed by atoms with Crippen LogP contribution in [0.2, 0.25) is 0 Å². The van der Waals surface area contributed by atoms with Crippen molar-refractivity contribution in [3.8, 4) is 5.75 Å². The topological polar surface area (TPSA) is 35.2 Å². The van der Waals surface area contributed by atoms with Crippen molar-refractivity contribution in [2.24, 2.45) is 0 Å². The maximum atomic E-state index is 12.8. The molecule has 0 atom stereocenters. The average molecular weight is 205 g/mol. The molecule has 5 heteroatoms. The monoisotopic (exact) mass is 205 g/mol. The van der Waals surface area contributed by atoms with Crippen LogP contribution in [0.4, 0.5) is 18.9 Å². The second-order valence-corrected chi connectivity index (χ2v) is 3.04. The summed E-state index contributed by atoms with van der Waals surface area (Å²) in [5.41, 5.74) is 5.15. The Morgan fingerprint density at radius 1 is 1.43 bits per heavy atom. The molecule has 2 nitrogen and oxygen atoms in total. The molecule has 0 spiro atoms. The van der Waals surface area contributed by atoms with E-state index < -0.39 is 18.3 Å². The molecule has 0 fully saturated rings. The Balaban J connectivity index is 2.65. The minimum absolute atomic E-state index is 0.0400. The van der Waals surface area contributed by atoms with Crippen LogP contribution >= 0.6 is 0 Å². The number of nitrogen functional groups attached to an aromatic ring is 1. The highest BCUT2D eigenvalue weighted by atomic mass is 19.3. The second-order valence-electron chi connectivity index (χ2n) is 3.04. The van der Waals surface area contributed by atoms with Crippen molar-refractivity contribution >= 4 is 5.69 Å². The summed E-state index contributed by atoms with van der Waals surface area (Å²) in [6, 6.07) is 3.57. The standard InChI is InChI=1S/C9H10F3NO/c1-9(11,12)5-14-6-2-3-8(13)7(10)4-6/h2-4H,5,13H2,1H3. The van der Waals surface area contributed by atoms with E-state index in [1.807, 2.05) is 0 Å². The zero-order valence-electron chi connectivity index (χ0n) is 7.56. The van der Waals surface area contributed by atoms with Crippen molar-refractivity contribution in [1.29, 1.82) is 0 Å². The molecule has 0 aliphatic carbocycles. The minimum Gasteiger partial charge on any atom is -0.487 e. The fourth-order valence-electron chi connectivity index (χ4n) is 0.808. The maximum absolute atomic E-state index is 12.8. The van der Waals surface area contributed by atoms with Gasteiger partial charge in [0.25, 0.3) is 5.92 Å². The van der Waals surface area contributed by atoms with Gasteiger partial charge in [-0.3, -0.25) is 0 Å². The van der Waals surface area contributed by atoms with Crippen LogP contribution in [0, 0.1) is 5.82 Å². The van der Waals surface area contributed by atoms with Crippen molar-refractivity contribution in [3.05, 3.63) is 24.0 Å². The number of benzene rings is 1. The lowest BCUT2D eigenvalue weighted by molar-refractivity contribution is -0.0230. The first-order valence-electron chi connectivity index (χ1n) is 3.94. The predicted molar refractivity (Wildman–Crippen MR) is 46.9 cm³/mol. The number of alkyl halides is 2. The van der Waals surface area contributed by atoms with Gasteiger partial charge in [0.1, 0.15) is 11.6 Å². The van der Waals surface area contributed by atoms with E-state index in [1.54, 1.807) is 0 Å². The van der Waals surface area contributed by atoms with Crippen LogP contribution in [0.5, 0.6) is 5.75 Å². The Morgan fingerprint density at radius 3 is 2.57 bits per heavy atom. The number of hydrogen-bond donors (Lipinski definition) is 1. The second kappa shape index (κ2) is 3.77. The molecule has 0 saturated carbocycles. The van der Waals surface area contributed by atoms with Crippen LogP contribution in [0.25, 0.3) is 0 Å². The van der Waals surface area contributed by atoms with E-state index in [9.17, 15) is 13.2 Å². The molecule has 0 heterocycles. The first-order valence-corrected chi connectivity index (χ1v) is 3.94. The van der Waals surface area contributed by atoms with Gasteiger partial charge in [-0.05, 0) is 12.1 Å². The number of nitrogens with two attached hydrogens (primary N) is 1. The molecular formula is C9H10F3NO. The average Bonchev–Trinajstić information content (AvgIpc) is 2.06. The zero-order chi connectivity index (χ0) is 10.8. The summed E-state index contributed by atoms with van der Waals surface area (Å²) in [4.78, 5) is 0. The third kappa shape index (κ3) is 3.16. The van der Waals surface area contributed by atoms with E-state index >= 15 is 0 Å². The Kier molecular flexibility index (Phi) is 2.88. The Morgan fingerprint density at radius 2 is 2.07 bits per heavy atom. The molecule has 0 aromatic heterocycles. The van der Waals surface area contributed by atoms with E-state index in [0.717, 1.165) is 13.0 Å². The highest BCUT2D eigenvalue weighted by Gasteiger charge is 2.22. The lowest BCUT2D eigenvalue weighted by atomic mass is 10.3. The first-order chi connectivity index (χ1) is 6.38. The third-order valence-corrected chi connectivity index (χ3v) is 1.46. The number of hydrogen-bond acceptors (Lipinski definition) is 2. The van der Waals surface area contributed by atoms with Gasteiger partial charge in [0.2, 0.25) is 0 Å². The van der Waals surface area contributed by atoms with Crippen molar-refractivity contribution < 1.29 is 17.9 Å². The largest absolute Gasteiger partial charge is 0.487 e. The molecule has 0 amide bonds. The quantitative estimate of drug-likeness (QED) is 0.769. The van der Waals surface area contributed by atoms with Crippen molar-refractivity contribution in [3.63, 3.8) is 0 Å². The molecule has 0 saturated heterocycles. The highest BCUT2D eigenvalue weighted by Crippen LogP contribution is 2.20. The third-order valence-electron chi connectivity index (χ3n) is 1.46. The van der Waals surface area contributed by atoms with Gasteiger partial charge >= 0.3 is 0 Å². The number of ether oxygens (including phenoxy) is 1. The summed E-state index contributed by atoms with van der Waals surface area (Å²) in [6.45, 7) is -0.0585. The van der Waals surface area contributed by atoms with Crippen LogP contribution in [0.3, 0.4) is 0 Å². The van der Waals surface area contributed by atoms with Crippen LogP contribution in [-0.4, -0.2) is 12.5 Å². The number of anilines is 1. The van der Waals surface area contributed by atoms with Crippen LogP contribution in [-0.2, 0) is 0 Å². The van der Waals surface area contributed by atoms with Crippen LogP contribution < -0.4 is 10.5 Å². The Hall–Kier alpha value is -1.39. The molecule has 1 aromatic carbocycles. The lowest BCUT2D eigenvalue weighted by Crippen LogP contribution is -2.20. The van der Waals surface area contributed by atoms with Crippen molar-refractivity contribution in [2.45, 2.75) is 12.8 Å². The molecular weight excluding hydrogens is 195 g/mol. The molecule has 0 unspecified atom stereocenters. The van der Waals surface area contributed by atoms with Gasteiger partial charge in [-0.25, -0.2) is 13.2 Å².